The van der Waals surface area contributed by atoms with Gasteiger partial charge in [-0.1, -0.05) is 66.7 Å². The summed E-state index contributed by atoms with van der Waals surface area (Å²) in [5, 5.41) is 8.06. The Morgan fingerprint density at radius 1 is 0.881 bits per heavy atom. The molecular formula is C36H38N2O4. The van der Waals surface area contributed by atoms with Crippen molar-refractivity contribution in [3.05, 3.63) is 132 Å². The summed E-state index contributed by atoms with van der Waals surface area (Å²) in [5.74, 6) is 0.517. The number of anilines is 2. The maximum atomic E-state index is 13.8. The van der Waals surface area contributed by atoms with Crippen molar-refractivity contribution in [2.45, 2.75) is 45.4 Å². The molecule has 1 aliphatic heterocycles. The summed E-state index contributed by atoms with van der Waals surface area (Å²) in [4.78, 5) is 31.2. The van der Waals surface area contributed by atoms with Gasteiger partial charge >= 0.3 is 0 Å². The highest BCUT2D eigenvalue weighted by molar-refractivity contribution is 6.08. The fourth-order valence-electron chi connectivity index (χ4n) is 5.07. The Morgan fingerprint density at radius 2 is 1.45 bits per heavy atom. The molecule has 4 aromatic rings. The highest BCUT2D eigenvalue weighted by atomic mass is 16.5. The molecule has 6 nitrogen and oxygen atoms in total. The summed E-state index contributed by atoms with van der Waals surface area (Å²) in [6, 6.07) is 34.2. The van der Waals surface area contributed by atoms with Crippen LogP contribution in [0.2, 0.25) is 0 Å². The predicted octanol–water partition coefficient (Wildman–Crippen LogP) is 7.31. The molecule has 2 amide bonds. The van der Waals surface area contributed by atoms with Gasteiger partial charge in [0.05, 0.1) is 13.2 Å². The monoisotopic (exact) mass is 562 g/mol. The number of rotatable bonds is 6. The quantitative estimate of drug-likeness (QED) is 0.250. The number of aliphatic hydroxyl groups is 1. The van der Waals surface area contributed by atoms with E-state index in [9.17, 15) is 9.59 Å². The summed E-state index contributed by atoms with van der Waals surface area (Å²) >= 11 is 0. The van der Waals surface area contributed by atoms with Crippen LogP contribution in [0, 0.1) is 0 Å². The third-order valence-electron chi connectivity index (χ3n) is 6.92. The number of para-hydroxylation sites is 2. The van der Waals surface area contributed by atoms with E-state index in [1.165, 1.54) is 0 Å². The van der Waals surface area contributed by atoms with Crippen molar-refractivity contribution in [2.24, 2.45) is 0 Å². The van der Waals surface area contributed by atoms with Crippen molar-refractivity contribution in [1.29, 1.82) is 0 Å². The number of benzene rings is 4. The summed E-state index contributed by atoms with van der Waals surface area (Å²) in [6.45, 7) is 5.48. The van der Waals surface area contributed by atoms with E-state index in [2.05, 4.69) is 0 Å². The smallest absolute Gasteiger partial charge is 0.258 e. The molecule has 6 heteroatoms. The average molecular weight is 563 g/mol. The summed E-state index contributed by atoms with van der Waals surface area (Å²) in [5.41, 5.74) is 4.13. The van der Waals surface area contributed by atoms with Crippen LogP contribution < -0.4 is 14.5 Å². The van der Waals surface area contributed by atoms with Gasteiger partial charge in [-0.3, -0.25) is 9.59 Å². The molecule has 2 unspecified atom stereocenters. The number of nitrogens with zero attached hydrogens (tertiary/aromatic N) is 2. The lowest BCUT2D eigenvalue weighted by Crippen LogP contribution is -2.47. The summed E-state index contributed by atoms with van der Waals surface area (Å²) in [7, 11) is 1.61. The topological polar surface area (TPSA) is 70.1 Å². The Bertz CT molecular complexity index is 1480. The minimum Gasteiger partial charge on any atom is -0.497 e. The van der Waals surface area contributed by atoms with Gasteiger partial charge in [-0.05, 0) is 86.9 Å². The van der Waals surface area contributed by atoms with Crippen molar-refractivity contribution < 1.29 is 19.4 Å². The number of hydrogen-bond donors (Lipinski definition) is 1. The van der Waals surface area contributed by atoms with E-state index < -0.39 is 0 Å². The molecule has 1 aliphatic rings. The number of aliphatic hydroxyl groups excluding tert-OH is 1. The minimum atomic E-state index is -0.239. The first kappa shape index (κ1) is 30.3. The Labute approximate surface area is 248 Å². The molecule has 1 N–H and O–H groups in total. The van der Waals surface area contributed by atoms with Crippen molar-refractivity contribution in [2.75, 3.05) is 16.9 Å². The van der Waals surface area contributed by atoms with E-state index in [-0.39, 0.29) is 30.0 Å². The minimum absolute atomic E-state index is 0.0763. The van der Waals surface area contributed by atoms with E-state index in [0.717, 1.165) is 22.5 Å². The molecule has 0 fully saturated rings. The van der Waals surface area contributed by atoms with E-state index in [4.69, 9.17) is 9.84 Å². The number of carbonyl (C=O) groups excluding carboxylic acids is 2. The van der Waals surface area contributed by atoms with E-state index >= 15 is 0 Å². The lowest BCUT2D eigenvalue weighted by atomic mass is 9.89. The SMILES string of the molecule is CC(C)O.COc1ccc(C(=O)N2c3ccccc3C(N(C(=O)/C=C/c3ccccc3)c3ccccc3)CC2C)cc1. The standard InChI is InChI=1S/C33H30N2O3.C3H8O/c1-24-23-31(35(27-13-7-4-8-14-27)32(36)22-17-25-11-5-3-6-12-25)29-15-9-10-16-30(29)34(24)33(37)26-18-20-28(38-2)21-19-26;1-3(2)4/h3-22,24,31H,23H2,1-2H3;3-4H,1-2H3/b22-17+;. The number of ether oxygens (including phenoxy) is 1. The molecule has 0 radical (unpaired) electrons. The Balaban J connectivity index is 0.000000952. The molecule has 1 heterocycles. The maximum absolute atomic E-state index is 13.8. The van der Waals surface area contributed by atoms with Gasteiger partial charge in [0.25, 0.3) is 11.8 Å². The van der Waals surface area contributed by atoms with Crippen LogP contribution in [0.15, 0.2) is 115 Å². The van der Waals surface area contributed by atoms with Gasteiger partial charge in [0.2, 0.25) is 0 Å². The van der Waals surface area contributed by atoms with Crippen LogP contribution in [0.3, 0.4) is 0 Å². The number of hydrogen-bond acceptors (Lipinski definition) is 4. The van der Waals surface area contributed by atoms with Gasteiger partial charge in [-0.2, -0.15) is 0 Å². The molecule has 0 spiro atoms. The predicted molar refractivity (Wildman–Crippen MR) is 170 cm³/mol. The molecule has 0 saturated carbocycles. The Kier molecular flexibility index (Phi) is 10.3. The van der Waals surface area contributed by atoms with Crippen LogP contribution in [-0.4, -0.2) is 36.2 Å². The molecule has 4 aromatic carbocycles. The lowest BCUT2D eigenvalue weighted by molar-refractivity contribution is -0.114. The van der Waals surface area contributed by atoms with Crippen LogP contribution in [0.5, 0.6) is 5.75 Å². The first-order chi connectivity index (χ1) is 20.3. The van der Waals surface area contributed by atoms with Gasteiger partial charge in [0.1, 0.15) is 5.75 Å². The van der Waals surface area contributed by atoms with Crippen molar-refractivity contribution in [1.82, 2.24) is 0 Å². The van der Waals surface area contributed by atoms with Gasteiger partial charge in [-0.25, -0.2) is 0 Å². The Morgan fingerprint density at radius 3 is 2.07 bits per heavy atom. The van der Waals surface area contributed by atoms with Crippen LogP contribution in [0.1, 0.15) is 54.7 Å². The highest BCUT2D eigenvalue weighted by Crippen LogP contribution is 2.43. The zero-order chi connectivity index (χ0) is 30.1. The fourth-order valence-corrected chi connectivity index (χ4v) is 5.07. The molecule has 0 bridgehead atoms. The largest absolute Gasteiger partial charge is 0.497 e. The van der Waals surface area contributed by atoms with Crippen LogP contribution >= 0.6 is 0 Å². The second-order valence-corrected chi connectivity index (χ2v) is 10.4. The molecule has 0 aliphatic carbocycles. The fraction of sp³-hybridized carbons (Fsp3) is 0.222. The molecule has 5 rings (SSSR count). The maximum Gasteiger partial charge on any atom is 0.258 e. The van der Waals surface area contributed by atoms with Crippen LogP contribution in [-0.2, 0) is 4.79 Å². The zero-order valence-electron chi connectivity index (χ0n) is 24.6. The highest BCUT2D eigenvalue weighted by Gasteiger charge is 2.38. The van der Waals surface area contributed by atoms with Crippen molar-refractivity contribution in [3.63, 3.8) is 0 Å². The second-order valence-electron chi connectivity index (χ2n) is 10.4. The second kappa shape index (κ2) is 14.3. The molecule has 0 aromatic heterocycles. The number of carbonyl (C=O) groups is 2. The molecule has 2 atom stereocenters. The summed E-state index contributed by atoms with van der Waals surface area (Å²) in [6.07, 6.45) is 3.90. The van der Waals surface area contributed by atoms with Gasteiger partial charge in [0.15, 0.2) is 0 Å². The third kappa shape index (κ3) is 7.33. The lowest BCUT2D eigenvalue weighted by Gasteiger charge is -2.43. The first-order valence-electron chi connectivity index (χ1n) is 14.2. The third-order valence-corrected chi connectivity index (χ3v) is 6.92. The zero-order valence-corrected chi connectivity index (χ0v) is 24.6. The average Bonchev–Trinajstić information content (AvgIpc) is 3.01. The molecule has 0 saturated heterocycles. The van der Waals surface area contributed by atoms with Crippen molar-refractivity contribution in [3.8, 4) is 5.75 Å². The summed E-state index contributed by atoms with van der Waals surface area (Å²) < 4.78 is 5.26. The Hall–Kier alpha value is -4.68. The van der Waals surface area contributed by atoms with Crippen LogP contribution in [0.25, 0.3) is 6.08 Å². The van der Waals surface area contributed by atoms with Crippen LogP contribution in [0.4, 0.5) is 11.4 Å². The van der Waals surface area contributed by atoms with E-state index in [1.807, 2.05) is 108 Å². The van der Waals surface area contributed by atoms with E-state index in [1.54, 1.807) is 51.3 Å². The first-order valence-corrected chi connectivity index (χ1v) is 14.2. The number of amides is 2. The normalized spacial score (nSPS) is 15.9. The molecule has 42 heavy (non-hydrogen) atoms. The van der Waals surface area contributed by atoms with Gasteiger partial charge < -0.3 is 19.6 Å². The number of fused-ring (bicyclic) bond motifs is 1. The molecule has 216 valence electrons. The van der Waals surface area contributed by atoms with Crippen molar-refractivity contribution >= 4 is 29.3 Å². The van der Waals surface area contributed by atoms with E-state index in [0.29, 0.717) is 17.7 Å². The van der Waals surface area contributed by atoms with Gasteiger partial charge in [0, 0.05) is 35.2 Å². The molecular weight excluding hydrogens is 524 g/mol. The number of methoxy groups -OCH3 is 1. The van der Waals surface area contributed by atoms with Gasteiger partial charge in [-0.15, -0.1) is 0 Å².